The first-order valence-electron chi connectivity index (χ1n) is 10.4. The molecule has 188 valence electrons. The highest BCUT2D eigenvalue weighted by Gasteiger charge is 2.20. The third-order valence-corrected chi connectivity index (χ3v) is 6.05. The van der Waals surface area contributed by atoms with E-state index in [9.17, 15) is 22.8 Å². The zero-order chi connectivity index (χ0) is 26.0. The fraction of sp³-hybridized carbons (Fsp3) is 0.182. The van der Waals surface area contributed by atoms with Crippen molar-refractivity contribution in [2.75, 3.05) is 12.4 Å². The molecule has 14 heteroatoms. The summed E-state index contributed by atoms with van der Waals surface area (Å²) < 4.78 is 47.6. The summed E-state index contributed by atoms with van der Waals surface area (Å²) in [5.74, 6) is 1.66. The third-order valence-electron chi connectivity index (χ3n) is 5.10. The Morgan fingerprint density at radius 2 is 1.94 bits per heavy atom. The molecule has 2 aromatic heterocycles. The number of nitrogens with zero attached hydrogens (tertiary/aromatic N) is 5. The van der Waals surface area contributed by atoms with Gasteiger partial charge >= 0.3 is 11.4 Å². The summed E-state index contributed by atoms with van der Waals surface area (Å²) in [5.41, 5.74) is -0.614. The Morgan fingerprint density at radius 1 is 1.19 bits per heavy atom. The monoisotopic (exact) mass is 537 g/mol. The Kier molecular flexibility index (Phi) is 7.43. The van der Waals surface area contributed by atoms with Gasteiger partial charge in [0.05, 0.1) is 29.5 Å². The van der Waals surface area contributed by atoms with Crippen molar-refractivity contribution in [1.82, 2.24) is 23.5 Å². The second-order valence-corrected chi connectivity index (χ2v) is 8.90. The molecule has 0 atom stereocenters. The van der Waals surface area contributed by atoms with Gasteiger partial charge in [-0.05, 0) is 41.7 Å². The number of hydrazine groups is 1. The first-order valence-corrected chi connectivity index (χ1v) is 11.6. The van der Waals surface area contributed by atoms with Crippen molar-refractivity contribution >= 4 is 29.1 Å². The molecule has 1 aromatic carbocycles. The van der Waals surface area contributed by atoms with Crippen LogP contribution in [0.1, 0.15) is 17.7 Å². The maximum atomic E-state index is 14.5. The number of aromatic nitrogens is 4. The molecule has 0 spiro atoms. The molecular weight excluding hydrogens is 519 g/mol. The van der Waals surface area contributed by atoms with Crippen molar-refractivity contribution in [3.8, 4) is 0 Å². The fourth-order valence-corrected chi connectivity index (χ4v) is 4.15. The van der Waals surface area contributed by atoms with Crippen molar-refractivity contribution in [1.29, 1.82) is 0 Å². The molecule has 0 aliphatic heterocycles. The molecule has 0 bridgehead atoms. The Balaban J connectivity index is 1.83. The van der Waals surface area contributed by atoms with E-state index in [0.717, 1.165) is 26.2 Å². The van der Waals surface area contributed by atoms with Crippen LogP contribution in [-0.4, -0.2) is 30.5 Å². The van der Waals surface area contributed by atoms with Gasteiger partial charge in [-0.2, -0.15) is 9.36 Å². The molecule has 2 heterocycles. The van der Waals surface area contributed by atoms with Crippen molar-refractivity contribution in [2.24, 2.45) is 5.84 Å². The third kappa shape index (κ3) is 5.58. The van der Waals surface area contributed by atoms with Crippen molar-refractivity contribution in [2.45, 2.75) is 19.5 Å². The van der Waals surface area contributed by atoms with E-state index in [0.29, 0.717) is 29.9 Å². The fourth-order valence-electron chi connectivity index (χ4n) is 3.44. The molecule has 0 amide bonds. The van der Waals surface area contributed by atoms with Gasteiger partial charge in [-0.15, -0.1) is 0 Å². The standard InChI is InChI=1S/C22H19ClF3N7O2S/c1-31(27)9-12-2-3-15(23)19(6-12)28-20-29-21(34)33(11-14-4-5-36-30-14)22(35)32(20)10-13-7-17(25)18(26)8-16(13)24/h3-9H,2,10-11,27H2,1H3,(H,28,29,34)/b12-9+. The topological polar surface area (TPSA) is 111 Å². The summed E-state index contributed by atoms with van der Waals surface area (Å²) >= 11 is 7.45. The second-order valence-electron chi connectivity index (χ2n) is 7.83. The minimum atomic E-state index is -1.37. The highest BCUT2D eigenvalue weighted by molar-refractivity contribution is 7.03. The maximum Gasteiger partial charge on any atom is 0.355 e. The summed E-state index contributed by atoms with van der Waals surface area (Å²) in [6.07, 6.45) is 5.44. The highest BCUT2D eigenvalue weighted by atomic mass is 35.5. The molecule has 0 saturated carbocycles. The van der Waals surface area contributed by atoms with Gasteiger partial charge in [-0.3, -0.25) is 4.57 Å². The van der Waals surface area contributed by atoms with Crippen LogP contribution in [0.2, 0.25) is 0 Å². The van der Waals surface area contributed by atoms with E-state index in [4.69, 9.17) is 17.4 Å². The van der Waals surface area contributed by atoms with Crippen LogP contribution in [0.15, 0.2) is 67.8 Å². The summed E-state index contributed by atoms with van der Waals surface area (Å²) in [7, 11) is 1.63. The molecule has 3 aromatic rings. The number of halogens is 4. The Morgan fingerprint density at radius 3 is 2.64 bits per heavy atom. The molecule has 4 rings (SSSR count). The molecule has 0 fully saturated rings. The van der Waals surface area contributed by atoms with E-state index in [1.54, 1.807) is 36.8 Å². The van der Waals surface area contributed by atoms with Crippen molar-refractivity contribution < 1.29 is 13.2 Å². The number of benzene rings is 1. The van der Waals surface area contributed by atoms with E-state index in [-0.39, 0.29) is 23.1 Å². The lowest BCUT2D eigenvalue weighted by Gasteiger charge is -2.19. The number of hydrogen-bond acceptors (Lipinski definition) is 8. The predicted molar refractivity (Wildman–Crippen MR) is 130 cm³/mol. The van der Waals surface area contributed by atoms with E-state index in [2.05, 4.69) is 14.7 Å². The average Bonchev–Trinajstić information content (AvgIpc) is 3.32. The van der Waals surface area contributed by atoms with Crippen molar-refractivity contribution in [3.05, 3.63) is 108 Å². The van der Waals surface area contributed by atoms with Crippen LogP contribution in [-0.2, 0) is 13.1 Å². The molecule has 0 unspecified atom stereocenters. The van der Waals surface area contributed by atoms with Crippen molar-refractivity contribution in [3.63, 3.8) is 0 Å². The zero-order valence-electron chi connectivity index (χ0n) is 18.7. The zero-order valence-corrected chi connectivity index (χ0v) is 20.3. The van der Waals surface area contributed by atoms with Gasteiger partial charge in [-0.1, -0.05) is 17.7 Å². The Bertz CT molecular complexity index is 1510. The van der Waals surface area contributed by atoms with Crippen LogP contribution in [0.4, 0.5) is 19.1 Å². The minimum absolute atomic E-state index is 0.187. The number of nitrogens with two attached hydrogens (primary N) is 1. The normalized spacial score (nSPS) is 14.6. The summed E-state index contributed by atoms with van der Waals surface area (Å²) in [6.45, 7) is -0.745. The van der Waals surface area contributed by atoms with Gasteiger partial charge in [0.2, 0.25) is 5.95 Å². The number of hydrogen-bond donors (Lipinski definition) is 2. The van der Waals surface area contributed by atoms with E-state index < -0.39 is 35.4 Å². The number of anilines is 1. The van der Waals surface area contributed by atoms with Gasteiger partial charge in [0.15, 0.2) is 11.6 Å². The molecule has 0 radical (unpaired) electrons. The first-order chi connectivity index (χ1) is 17.1. The molecule has 36 heavy (non-hydrogen) atoms. The van der Waals surface area contributed by atoms with Gasteiger partial charge in [0.1, 0.15) is 5.82 Å². The summed E-state index contributed by atoms with van der Waals surface area (Å²) in [6, 6.07) is 2.65. The molecular formula is C22H19ClF3N7O2S. The maximum absolute atomic E-state index is 14.5. The van der Waals surface area contributed by atoms with Gasteiger partial charge < -0.3 is 10.3 Å². The van der Waals surface area contributed by atoms with Gasteiger partial charge in [0, 0.05) is 30.3 Å². The quantitative estimate of drug-likeness (QED) is 0.271. The summed E-state index contributed by atoms with van der Waals surface area (Å²) in [4.78, 5) is 30.1. The molecule has 3 N–H and O–H groups in total. The lowest BCUT2D eigenvalue weighted by atomic mass is 10.1. The van der Waals surface area contributed by atoms with Crippen LogP contribution in [0.5, 0.6) is 0 Å². The highest BCUT2D eigenvalue weighted by Crippen LogP contribution is 2.26. The van der Waals surface area contributed by atoms with Crippen LogP contribution >= 0.6 is 23.1 Å². The van der Waals surface area contributed by atoms with E-state index in [1.807, 2.05) is 0 Å². The Labute approximate surface area is 211 Å². The average molecular weight is 538 g/mol. The molecule has 1 aliphatic carbocycles. The number of allylic oxidation sites excluding steroid dienone is 4. The smallest absolute Gasteiger partial charge is 0.324 e. The van der Waals surface area contributed by atoms with Gasteiger partial charge in [-0.25, -0.2) is 33.2 Å². The summed E-state index contributed by atoms with van der Waals surface area (Å²) in [5, 5.41) is 6.12. The molecule has 0 saturated heterocycles. The lowest BCUT2D eigenvalue weighted by molar-refractivity contribution is 0.481. The number of nitrogens with one attached hydrogen (secondary N) is 1. The van der Waals surface area contributed by atoms with Gasteiger partial charge in [0.25, 0.3) is 0 Å². The van der Waals surface area contributed by atoms with E-state index in [1.165, 1.54) is 5.01 Å². The predicted octanol–water partition coefficient (Wildman–Crippen LogP) is 2.89. The SMILES string of the molecule is CN(N)/C=C1/C=C(Nc2nc(=O)n(Cc3ccsn3)c(=O)n2Cc2cc(F)c(F)cc2F)C(Cl)=CC1. The lowest BCUT2D eigenvalue weighted by Crippen LogP contribution is -2.43. The van der Waals surface area contributed by atoms with Crippen LogP contribution in [0.3, 0.4) is 0 Å². The van der Waals surface area contributed by atoms with Crippen LogP contribution < -0.4 is 22.5 Å². The minimum Gasteiger partial charge on any atom is -0.324 e. The molecule has 9 nitrogen and oxygen atoms in total. The van der Waals surface area contributed by atoms with Crippen LogP contribution in [0, 0.1) is 17.5 Å². The largest absolute Gasteiger partial charge is 0.355 e. The van der Waals surface area contributed by atoms with E-state index >= 15 is 0 Å². The van der Waals surface area contributed by atoms with Crippen LogP contribution in [0.25, 0.3) is 0 Å². The molecule has 1 aliphatic rings. The first kappa shape index (κ1) is 25.4. The Hall–Kier alpha value is -3.68. The number of rotatable bonds is 7. The second kappa shape index (κ2) is 10.5.